The second-order valence-electron chi connectivity index (χ2n) is 4.92. The Bertz CT molecular complexity index is 591. The molecule has 0 bridgehead atoms. The molecule has 0 saturated heterocycles. The predicted octanol–water partition coefficient (Wildman–Crippen LogP) is 3.05. The number of hydrogen-bond acceptors (Lipinski definition) is 3. The van der Waals surface area contributed by atoms with E-state index in [1.807, 2.05) is 6.07 Å². The lowest BCUT2D eigenvalue weighted by atomic mass is 9.86. The van der Waals surface area contributed by atoms with Crippen LogP contribution in [0.1, 0.15) is 43.4 Å². The van der Waals surface area contributed by atoms with E-state index in [1.54, 1.807) is 12.3 Å². The van der Waals surface area contributed by atoms with Crippen LogP contribution in [0.15, 0.2) is 34.0 Å². The Morgan fingerprint density at radius 1 is 1.40 bits per heavy atom. The van der Waals surface area contributed by atoms with E-state index in [2.05, 4.69) is 0 Å². The van der Waals surface area contributed by atoms with Crippen molar-refractivity contribution in [1.29, 1.82) is 0 Å². The van der Waals surface area contributed by atoms with Crippen molar-refractivity contribution in [2.24, 2.45) is 0 Å². The third kappa shape index (κ3) is 3.17. The van der Waals surface area contributed by atoms with Crippen LogP contribution >= 0.6 is 0 Å². The van der Waals surface area contributed by atoms with E-state index in [9.17, 15) is 9.59 Å². The van der Waals surface area contributed by atoms with Gasteiger partial charge in [-0.25, -0.2) is 9.59 Å². The summed E-state index contributed by atoms with van der Waals surface area (Å²) in [6, 6.07) is 1.82. The number of aliphatic carboxylic acids is 2. The molecule has 20 heavy (non-hydrogen) atoms. The number of carbonyl (C=O) groups is 2. The van der Waals surface area contributed by atoms with Crippen LogP contribution in [0.25, 0.3) is 6.08 Å². The van der Waals surface area contributed by atoms with E-state index in [1.165, 1.54) is 13.0 Å². The molecule has 106 valence electrons. The third-order valence-corrected chi connectivity index (χ3v) is 3.49. The molecule has 5 nitrogen and oxygen atoms in total. The van der Waals surface area contributed by atoms with Gasteiger partial charge in [-0.3, -0.25) is 0 Å². The molecule has 0 amide bonds. The van der Waals surface area contributed by atoms with Gasteiger partial charge < -0.3 is 14.6 Å². The van der Waals surface area contributed by atoms with Crippen molar-refractivity contribution in [2.45, 2.75) is 32.1 Å². The molecule has 1 aromatic heterocycles. The molecule has 0 spiro atoms. The first-order chi connectivity index (χ1) is 9.47. The summed E-state index contributed by atoms with van der Waals surface area (Å²) in [4.78, 5) is 21.6. The highest BCUT2D eigenvalue weighted by Crippen LogP contribution is 2.33. The molecule has 1 aromatic rings. The third-order valence-electron chi connectivity index (χ3n) is 3.49. The van der Waals surface area contributed by atoms with Gasteiger partial charge in [-0.05, 0) is 49.8 Å². The standard InChI is InChI=1S/C15H16O5/c1-9(14(16)17)6-13-7-12(8-20-13)10-2-4-11(5-3-10)15(18)19/h4,6-8,10H,2-3,5H2,1H3,(H,16,17)(H,18,19)/b9-6+. The lowest BCUT2D eigenvalue weighted by Crippen LogP contribution is -2.09. The molecule has 0 fully saturated rings. The fraction of sp³-hybridized carbons (Fsp3) is 0.333. The van der Waals surface area contributed by atoms with Crippen LogP contribution in [-0.4, -0.2) is 22.2 Å². The van der Waals surface area contributed by atoms with Crippen LogP contribution in [0.5, 0.6) is 0 Å². The van der Waals surface area contributed by atoms with Crippen molar-refractivity contribution in [1.82, 2.24) is 0 Å². The highest BCUT2D eigenvalue weighted by atomic mass is 16.4. The van der Waals surface area contributed by atoms with Crippen LogP contribution < -0.4 is 0 Å². The number of carboxylic acid groups (broad SMARTS) is 2. The summed E-state index contributed by atoms with van der Waals surface area (Å²) >= 11 is 0. The van der Waals surface area contributed by atoms with E-state index in [-0.39, 0.29) is 11.5 Å². The number of allylic oxidation sites excluding steroid dienone is 1. The summed E-state index contributed by atoms with van der Waals surface area (Å²) in [5.74, 6) is -1.09. The minimum absolute atomic E-state index is 0.211. The Morgan fingerprint density at radius 3 is 2.70 bits per heavy atom. The van der Waals surface area contributed by atoms with Gasteiger partial charge in [0, 0.05) is 11.1 Å². The maximum Gasteiger partial charge on any atom is 0.331 e. The number of carboxylic acids is 2. The first kappa shape index (κ1) is 14.1. The van der Waals surface area contributed by atoms with Crippen LogP contribution in [0.2, 0.25) is 0 Å². The number of hydrogen-bond donors (Lipinski definition) is 2. The minimum atomic E-state index is -0.977. The molecule has 5 heteroatoms. The molecular formula is C15H16O5. The van der Waals surface area contributed by atoms with Gasteiger partial charge in [0.2, 0.25) is 0 Å². The lowest BCUT2D eigenvalue weighted by molar-refractivity contribution is -0.133. The van der Waals surface area contributed by atoms with Gasteiger partial charge >= 0.3 is 11.9 Å². The molecule has 0 saturated carbocycles. The van der Waals surface area contributed by atoms with Gasteiger partial charge in [-0.15, -0.1) is 0 Å². The van der Waals surface area contributed by atoms with Crippen LogP contribution in [-0.2, 0) is 9.59 Å². The second-order valence-corrected chi connectivity index (χ2v) is 4.92. The topological polar surface area (TPSA) is 87.7 Å². The van der Waals surface area contributed by atoms with E-state index >= 15 is 0 Å². The highest BCUT2D eigenvalue weighted by Gasteiger charge is 2.20. The quantitative estimate of drug-likeness (QED) is 0.825. The smallest absolute Gasteiger partial charge is 0.331 e. The minimum Gasteiger partial charge on any atom is -0.478 e. The van der Waals surface area contributed by atoms with Crippen molar-refractivity contribution < 1.29 is 24.2 Å². The van der Waals surface area contributed by atoms with E-state index < -0.39 is 11.9 Å². The molecule has 1 aliphatic rings. The summed E-state index contributed by atoms with van der Waals surface area (Å²) in [5, 5.41) is 17.7. The van der Waals surface area contributed by atoms with Gasteiger partial charge in [0.05, 0.1) is 6.26 Å². The number of rotatable bonds is 4. The summed E-state index contributed by atoms with van der Waals surface area (Å²) in [7, 11) is 0. The van der Waals surface area contributed by atoms with Crippen molar-refractivity contribution >= 4 is 18.0 Å². The Kier molecular flexibility index (Phi) is 4.08. The first-order valence-corrected chi connectivity index (χ1v) is 6.39. The maximum absolute atomic E-state index is 10.8. The highest BCUT2D eigenvalue weighted by molar-refractivity contribution is 5.91. The molecule has 0 aliphatic heterocycles. The van der Waals surface area contributed by atoms with Crippen molar-refractivity contribution in [3.05, 3.63) is 40.9 Å². The van der Waals surface area contributed by atoms with Gasteiger partial charge in [-0.2, -0.15) is 0 Å². The summed E-state index contributed by atoms with van der Waals surface area (Å²) < 4.78 is 5.34. The molecule has 2 N–H and O–H groups in total. The van der Waals surface area contributed by atoms with Crippen molar-refractivity contribution in [3.8, 4) is 0 Å². The molecule has 1 atom stereocenters. The predicted molar refractivity (Wildman–Crippen MR) is 72.3 cm³/mol. The van der Waals surface area contributed by atoms with Gasteiger partial charge in [0.1, 0.15) is 5.76 Å². The Balaban J connectivity index is 2.09. The molecule has 0 radical (unpaired) electrons. The van der Waals surface area contributed by atoms with E-state index in [0.29, 0.717) is 24.2 Å². The molecule has 1 heterocycles. The van der Waals surface area contributed by atoms with E-state index in [0.717, 1.165) is 12.0 Å². The zero-order valence-corrected chi connectivity index (χ0v) is 11.1. The van der Waals surface area contributed by atoms with Gasteiger partial charge in [-0.1, -0.05) is 6.08 Å². The Labute approximate surface area is 116 Å². The van der Waals surface area contributed by atoms with E-state index in [4.69, 9.17) is 14.6 Å². The monoisotopic (exact) mass is 276 g/mol. The van der Waals surface area contributed by atoms with Crippen LogP contribution in [0, 0.1) is 0 Å². The van der Waals surface area contributed by atoms with Crippen molar-refractivity contribution in [3.63, 3.8) is 0 Å². The first-order valence-electron chi connectivity index (χ1n) is 6.39. The van der Waals surface area contributed by atoms with Gasteiger partial charge in [0.15, 0.2) is 0 Å². The molecule has 0 aromatic carbocycles. The zero-order valence-electron chi connectivity index (χ0n) is 11.1. The maximum atomic E-state index is 10.8. The molecule has 1 unspecified atom stereocenters. The lowest BCUT2D eigenvalue weighted by Gasteiger charge is -2.18. The number of furan rings is 1. The van der Waals surface area contributed by atoms with Crippen LogP contribution in [0.4, 0.5) is 0 Å². The zero-order chi connectivity index (χ0) is 14.7. The van der Waals surface area contributed by atoms with Crippen molar-refractivity contribution in [2.75, 3.05) is 0 Å². The molecule has 1 aliphatic carbocycles. The SMILES string of the molecule is C/C(=C\c1cc(C2CC=C(C(=O)O)CC2)co1)C(=O)O. The second kappa shape index (κ2) is 5.77. The summed E-state index contributed by atoms with van der Waals surface area (Å²) in [6.45, 7) is 1.51. The van der Waals surface area contributed by atoms with Crippen LogP contribution in [0.3, 0.4) is 0 Å². The van der Waals surface area contributed by atoms with Gasteiger partial charge in [0.25, 0.3) is 0 Å². The average molecular weight is 276 g/mol. The fourth-order valence-electron chi connectivity index (χ4n) is 2.26. The largest absolute Gasteiger partial charge is 0.478 e. The fourth-order valence-corrected chi connectivity index (χ4v) is 2.26. The summed E-state index contributed by atoms with van der Waals surface area (Å²) in [6.07, 6.45) is 6.82. The molecular weight excluding hydrogens is 260 g/mol. The summed E-state index contributed by atoms with van der Waals surface area (Å²) in [5.41, 5.74) is 1.66. The Morgan fingerprint density at radius 2 is 2.15 bits per heavy atom. The average Bonchev–Trinajstić information content (AvgIpc) is 2.87. The normalized spacial score (nSPS) is 19.6. The molecule has 2 rings (SSSR count). The Hall–Kier alpha value is -2.30.